The molecule has 0 spiro atoms. The molecule has 0 radical (unpaired) electrons. The number of anilines is 1. The third-order valence-electron chi connectivity index (χ3n) is 7.85. The molecule has 5 rings (SSSR count). The first-order valence-corrected chi connectivity index (χ1v) is 11.4. The number of hydrogen-bond donors (Lipinski definition) is 1. The van der Waals surface area contributed by atoms with E-state index >= 15 is 0 Å². The zero-order valence-electron chi connectivity index (χ0n) is 16.8. The minimum absolute atomic E-state index is 0.127. The van der Waals surface area contributed by atoms with Crippen molar-refractivity contribution < 1.29 is 9.59 Å². The van der Waals surface area contributed by atoms with Gasteiger partial charge in [-0.2, -0.15) is 0 Å². The van der Waals surface area contributed by atoms with Gasteiger partial charge < -0.3 is 4.90 Å². The van der Waals surface area contributed by atoms with Crippen molar-refractivity contribution in [3.63, 3.8) is 0 Å². The van der Waals surface area contributed by atoms with E-state index in [9.17, 15) is 9.59 Å². The first kappa shape index (κ1) is 18.2. The third kappa shape index (κ3) is 3.46. The Morgan fingerprint density at radius 2 is 1.79 bits per heavy atom. The first-order chi connectivity index (χ1) is 13.7. The Hall–Kier alpha value is -1.84. The minimum atomic E-state index is -0.188. The van der Waals surface area contributed by atoms with E-state index in [1.165, 1.54) is 68.2 Å². The van der Waals surface area contributed by atoms with Gasteiger partial charge >= 0.3 is 0 Å². The van der Waals surface area contributed by atoms with Gasteiger partial charge in [0.25, 0.3) is 0 Å². The molecule has 3 unspecified atom stereocenters. The van der Waals surface area contributed by atoms with Gasteiger partial charge in [0.05, 0.1) is 0 Å². The fourth-order valence-electron chi connectivity index (χ4n) is 6.10. The second kappa shape index (κ2) is 7.53. The van der Waals surface area contributed by atoms with E-state index in [0.29, 0.717) is 12.8 Å². The summed E-state index contributed by atoms with van der Waals surface area (Å²) in [7, 11) is 0. The van der Waals surface area contributed by atoms with Gasteiger partial charge in [-0.3, -0.25) is 14.9 Å². The average molecular weight is 381 g/mol. The summed E-state index contributed by atoms with van der Waals surface area (Å²) in [4.78, 5) is 25.9. The zero-order valence-corrected chi connectivity index (χ0v) is 16.8. The van der Waals surface area contributed by atoms with E-state index in [2.05, 4.69) is 28.4 Å². The Kier molecular flexibility index (Phi) is 4.90. The van der Waals surface area contributed by atoms with Crippen LogP contribution in [0.4, 0.5) is 5.69 Å². The number of hydrogen-bond acceptors (Lipinski definition) is 3. The minimum Gasteiger partial charge on any atom is -0.359 e. The molecule has 3 fully saturated rings. The molecule has 0 bridgehead atoms. The monoisotopic (exact) mass is 380 g/mol. The number of benzene rings is 1. The molecule has 1 aromatic carbocycles. The average Bonchev–Trinajstić information content (AvgIpc) is 3.33. The van der Waals surface area contributed by atoms with Crippen molar-refractivity contribution in [1.29, 1.82) is 0 Å². The van der Waals surface area contributed by atoms with Crippen molar-refractivity contribution >= 4 is 17.5 Å². The zero-order chi connectivity index (χ0) is 19.1. The molecular formula is C24H32N2O2. The number of carbonyl (C=O) groups is 2. The Balaban J connectivity index is 1.23. The van der Waals surface area contributed by atoms with Crippen LogP contribution in [0.2, 0.25) is 0 Å². The van der Waals surface area contributed by atoms with Crippen molar-refractivity contribution in [3.8, 4) is 0 Å². The maximum atomic E-state index is 12.3. The molecule has 0 aromatic heterocycles. The van der Waals surface area contributed by atoms with E-state index in [4.69, 9.17) is 0 Å². The maximum Gasteiger partial charge on any atom is 0.249 e. The number of rotatable bonds is 5. The van der Waals surface area contributed by atoms with Crippen LogP contribution in [-0.2, 0) is 22.4 Å². The third-order valence-corrected chi connectivity index (χ3v) is 7.85. The molecule has 1 N–H and O–H groups in total. The molecule has 4 nitrogen and oxygen atoms in total. The van der Waals surface area contributed by atoms with Crippen LogP contribution in [0.1, 0.15) is 68.9 Å². The van der Waals surface area contributed by atoms with Crippen LogP contribution < -0.4 is 10.2 Å². The van der Waals surface area contributed by atoms with Crippen LogP contribution in [0.3, 0.4) is 0 Å². The van der Waals surface area contributed by atoms with Crippen molar-refractivity contribution in [2.24, 2.45) is 17.8 Å². The highest BCUT2D eigenvalue weighted by molar-refractivity contribution is 6.01. The summed E-state index contributed by atoms with van der Waals surface area (Å²) in [6.45, 7) is 0.888. The topological polar surface area (TPSA) is 49.4 Å². The molecule has 28 heavy (non-hydrogen) atoms. The molecular weight excluding hydrogens is 348 g/mol. The van der Waals surface area contributed by atoms with Gasteiger partial charge in [-0.05, 0) is 73.5 Å². The molecule has 150 valence electrons. The van der Waals surface area contributed by atoms with Gasteiger partial charge in [0.2, 0.25) is 11.8 Å². The first-order valence-electron chi connectivity index (χ1n) is 11.4. The van der Waals surface area contributed by atoms with Crippen molar-refractivity contribution in [2.45, 2.75) is 76.7 Å². The van der Waals surface area contributed by atoms with Crippen LogP contribution in [0.15, 0.2) is 18.2 Å². The van der Waals surface area contributed by atoms with Crippen molar-refractivity contribution in [3.05, 3.63) is 29.3 Å². The maximum absolute atomic E-state index is 12.3. The van der Waals surface area contributed by atoms with Gasteiger partial charge in [0.1, 0.15) is 6.04 Å². The fourth-order valence-corrected chi connectivity index (χ4v) is 6.10. The van der Waals surface area contributed by atoms with E-state index in [1.807, 2.05) is 0 Å². The van der Waals surface area contributed by atoms with Crippen LogP contribution in [0, 0.1) is 17.8 Å². The quantitative estimate of drug-likeness (QED) is 0.786. The Morgan fingerprint density at radius 1 is 0.964 bits per heavy atom. The van der Waals surface area contributed by atoms with Crippen molar-refractivity contribution in [1.82, 2.24) is 5.32 Å². The summed E-state index contributed by atoms with van der Waals surface area (Å²) in [6, 6.07) is 6.72. The van der Waals surface area contributed by atoms with Crippen LogP contribution in [-0.4, -0.2) is 24.4 Å². The predicted octanol–water partition coefficient (Wildman–Crippen LogP) is 4.00. The smallest absolute Gasteiger partial charge is 0.249 e. The van der Waals surface area contributed by atoms with Gasteiger partial charge in [0, 0.05) is 18.7 Å². The highest BCUT2D eigenvalue weighted by atomic mass is 16.2. The summed E-state index contributed by atoms with van der Waals surface area (Å²) in [5.74, 6) is 2.58. The summed E-state index contributed by atoms with van der Waals surface area (Å²) < 4.78 is 0. The van der Waals surface area contributed by atoms with Gasteiger partial charge in [-0.25, -0.2) is 0 Å². The molecule has 4 heteroatoms. The Morgan fingerprint density at radius 3 is 2.54 bits per heavy atom. The number of piperidine rings is 1. The van der Waals surface area contributed by atoms with Crippen LogP contribution >= 0.6 is 0 Å². The number of fused-ring (bicyclic) bond motifs is 1. The lowest BCUT2D eigenvalue weighted by Crippen LogP contribution is -2.52. The molecule has 3 atom stereocenters. The Labute approximate surface area is 168 Å². The summed E-state index contributed by atoms with van der Waals surface area (Å²) in [5.41, 5.74) is 4.06. The van der Waals surface area contributed by atoms with E-state index in [-0.39, 0.29) is 17.9 Å². The van der Waals surface area contributed by atoms with Crippen LogP contribution in [0.5, 0.6) is 0 Å². The van der Waals surface area contributed by atoms with Gasteiger partial charge in [-0.15, -0.1) is 0 Å². The largest absolute Gasteiger partial charge is 0.359 e. The predicted molar refractivity (Wildman–Crippen MR) is 110 cm³/mol. The number of nitrogens with one attached hydrogen (secondary N) is 1. The second-order valence-corrected chi connectivity index (χ2v) is 9.56. The summed E-state index contributed by atoms with van der Waals surface area (Å²) >= 11 is 0. The molecule has 1 aromatic rings. The molecule has 2 amide bonds. The molecule has 2 aliphatic carbocycles. The lowest BCUT2D eigenvalue weighted by atomic mass is 9.67. The Bertz CT molecular complexity index is 768. The number of carbonyl (C=O) groups excluding carboxylic acids is 2. The van der Waals surface area contributed by atoms with E-state index in [1.54, 1.807) is 0 Å². The number of amides is 2. The number of imide groups is 1. The molecule has 2 aliphatic heterocycles. The highest BCUT2D eigenvalue weighted by Crippen LogP contribution is 2.44. The standard InChI is InChI=1S/C24H32N2O2/c27-23-10-9-22(24(28)25-23)26-12-11-20-15-17(5-8-21(20)26)14-19-7-6-18(19)13-16-3-1-2-4-16/h5,8,15-16,18-19,22H,1-4,6-7,9-14H2,(H,25,27,28). The molecule has 4 aliphatic rings. The SMILES string of the molecule is O=C1CCC(N2CCc3cc(CC4CCC4CC4CCCC4)ccc32)C(=O)N1. The number of nitrogens with zero attached hydrogens (tertiary/aromatic N) is 1. The highest BCUT2D eigenvalue weighted by Gasteiger charge is 2.36. The van der Waals surface area contributed by atoms with Gasteiger partial charge in [-0.1, -0.05) is 37.8 Å². The lowest BCUT2D eigenvalue weighted by Gasteiger charge is -2.38. The molecule has 2 saturated carbocycles. The normalized spacial score (nSPS) is 30.3. The summed E-state index contributed by atoms with van der Waals surface area (Å²) in [5, 5.41) is 2.50. The van der Waals surface area contributed by atoms with Crippen molar-refractivity contribution in [2.75, 3.05) is 11.4 Å². The summed E-state index contributed by atoms with van der Waals surface area (Å²) in [6.07, 6.45) is 13.5. The lowest BCUT2D eigenvalue weighted by molar-refractivity contribution is -0.134. The van der Waals surface area contributed by atoms with E-state index < -0.39 is 0 Å². The molecule has 2 heterocycles. The fraction of sp³-hybridized carbons (Fsp3) is 0.667. The second-order valence-electron chi connectivity index (χ2n) is 9.56. The van der Waals surface area contributed by atoms with Crippen LogP contribution in [0.25, 0.3) is 0 Å². The molecule has 1 saturated heterocycles. The van der Waals surface area contributed by atoms with E-state index in [0.717, 1.165) is 30.7 Å². The van der Waals surface area contributed by atoms with Gasteiger partial charge in [0.15, 0.2) is 0 Å².